The van der Waals surface area contributed by atoms with E-state index in [1.165, 1.54) is 0 Å². The third-order valence-corrected chi connectivity index (χ3v) is 3.18. The van der Waals surface area contributed by atoms with Gasteiger partial charge < -0.3 is 10.1 Å². The number of rotatable bonds is 2. The summed E-state index contributed by atoms with van der Waals surface area (Å²) in [5, 5.41) is 3.23. The molecule has 1 N–H and O–H groups in total. The summed E-state index contributed by atoms with van der Waals surface area (Å²) in [6.45, 7) is 2.31. The highest BCUT2D eigenvalue weighted by Crippen LogP contribution is 2.19. The summed E-state index contributed by atoms with van der Waals surface area (Å²) in [5.74, 6) is 3.83. The van der Waals surface area contributed by atoms with E-state index in [1.807, 2.05) is 6.07 Å². The number of carbonyl (C=O) groups excluding carboxylic acids is 2. The molecule has 0 radical (unpaired) electrons. The third kappa shape index (κ3) is 3.31. The van der Waals surface area contributed by atoms with Crippen molar-refractivity contribution in [2.45, 2.75) is 6.92 Å². The molecule has 1 amide bonds. The summed E-state index contributed by atoms with van der Waals surface area (Å²) in [7, 11) is 0. The molecule has 4 nitrogen and oxygen atoms in total. The number of benzene rings is 1. The molecule has 5 heteroatoms. The molecule has 1 saturated heterocycles. The highest BCUT2D eigenvalue weighted by molar-refractivity contribution is 6.30. The van der Waals surface area contributed by atoms with E-state index in [9.17, 15) is 9.59 Å². The molecule has 0 saturated carbocycles. The zero-order valence-corrected chi connectivity index (χ0v) is 11.7. The Morgan fingerprint density at radius 3 is 3.05 bits per heavy atom. The number of esters is 1. The molecular weight excluding hydrogens is 278 g/mol. The maximum Gasteiger partial charge on any atom is 0.319 e. The Balaban J connectivity index is 2.16. The van der Waals surface area contributed by atoms with Crippen LogP contribution in [0.3, 0.4) is 0 Å². The van der Waals surface area contributed by atoms with Crippen LogP contribution in [0.2, 0.25) is 5.02 Å². The van der Waals surface area contributed by atoms with Gasteiger partial charge in [-0.15, -0.1) is 0 Å². The van der Waals surface area contributed by atoms with Crippen LogP contribution in [0.4, 0.5) is 0 Å². The Morgan fingerprint density at radius 2 is 2.35 bits per heavy atom. The van der Waals surface area contributed by atoms with Gasteiger partial charge in [-0.1, -0.05) is 29.5 Å². The van der Waals surface area contributed by atoms with Crippen LogP contribution in [0.15, 0.2) is 24.3 Å². The summed E-state index contributed by atoms with van der Waals surface area (Å²) in [6.07, 6.45) is 0. The van der Waals surface area contributed by atoms with E-state index in [-0.39, 0.29) is 18.4 Å². The van der Waals surface area contributed by atoms with Crippen LogP contribution in [0.5, 0.6) is 0 Å². The SMILES string of the molecule is CCOC(=O)C1C(=O)NCC1C#Cc1cccc(Cl)c1. The Kier molecular flexibility index (Phi) is 4.65. The van der Waals surface area contributed by atoms with Gasteiger partial charge in [-0.25, -0.2) is 0 Å². The Bertz CT molecular complexity index is 588. The van der Waals surface area contributed by atoms with Crippen molar-refractivity contribution < 1.29 is 14.3 Å². The smallest absolute Gasteiger partial charge is 0.319 e. The predicted molar refractivity (Wildman–Crippen MR) is 75.0 cm³/mol. The van der Waals surface area contributed by atoms with Gasteiger partial charge in [-0.05, 0) is 25.1 Å². The highest BCUT2D eigenvalue weighted by atomic mass is 35.5. The average molecular weight is 292 g/mol. The second-order valence-electron chi connectivity index (χ2n) is 4.36. The molecule has 0 bridgehead atoms. The second kappa shape index (κ2) is 6.44. The maximum absolute atomic E-state index is 11.8. The molecule has 1 aliphatic rings. The number of amides is 1. The van der Waals surface area contributed by atoms with E-state index in [0.29, 0.717) is 11.6 Å². The number of carbonyl (C=O) groups is 2. The van der Waals surface area contributed by atoms with E-state index >= 15 is 0 Å². The third-order valence-electron chi connectivity index (χ3n) is 2.95. The van der Waals surface area contributed by atoms with E-state index < -0.39 is 11.9 Å². The minimum absolute atomic E-state index is 0.247. The second-order valence-corrected chi connectivity index (χ2v) is 4.80. The van der Waals surface area contributed by atoms with E-state index in [1.54, 1.807) is 25.1 Å². The van der Waals surface area contributed by atoms with Gasteiger partial charge >= 0.3 is 5.97 Å². The van der Waals surface area contributed by atoms with Gasteiger partial charge in [0.15, 0.2) is 5.92 Å². The lowest BCUT2D eigenvalue weighted by molar-refractivity contribution is -0.151. The minimum Gasteiger partial charge on any atom is -0.465 e. The number of hydrogen-bond donors (Lipinski definition) is 1. The molecule has 1 heterocycles. The Labute approximate surface area is 122 Å². The van der Waals surface area contributed by atoms with Crippen molar-refractivity contribution in [2.75, 3.05) is 13.2 Å². The maximum atomic E-state index is 11.8. The molecule has 1 fully saturated rings. The number of ether oxygens (including phenoxy) is 1. The molecule has 0 spiro atoms. The first-order valence-electron chi connectivity index (χ1n) is 6.33. The first kappa shape index (κ1) is 14.4. The van der Waals surface area contributed by atoms with Gasteiger partial charge in [0.05, 0.1) is 12.5 Å². The van der Waals surface area contributed by atoms with Crippen LogP contribution in [-0.2, 0) is 14.3 Å². The number of nitrogens with one attached hydrogen (secondary N) is 1. The van der Waals surface area contributed by atoms with Crippen molar-refractivity contribution in [3.63, 3.8) is 0 Å². The first-order valence-corrected chi connectivity index (χ1v) is 6.71. The number of hydrogen-bond acceptors (Lipinski definition) is 3. The lowest BCUT2D eigenvalue weighted by atomic mass is 9.96. The summed E-state index contributed by atoms with van der Waals surface area (Å²) < 4.78 is 4.91. The van der Waals surface area contributed by atoms with Gasteiger partial charge in [0.1, 0.15) is 0 Å². The van der Waals surface area contributed by atoms with Crippen LogP contribution in [0.1, 0.15) is 12.5 Å². The Morgan fingerprint density at radius 1 is 1.55 bits per heavy atom. The van der Waals surface area contributed by atoms with Crippen molar-refractivity contribution >= 4 is 23.5 Å². The van der Waals surface area contributed by atoms with Crippen molar-refractivity contribution in [3.8, 4) is 11.8 Å². The lowest BCUT2D eigenvalue weighted by Gasteiger charge is -2.09. The van der Waals surface area contributed by atoms with Crippen LogP contribution in [0.25, 0.3) is 0 Å². The molecule has 1 aliphatic heterocycles. The molecule has 2 atom stereocenters. The topological polar surface area (TPSA) is 55.4 Å². The fourth-order valence-corrected chi connectivity index (χ4v) is 2.19. The Hall–Kier alpha value is -1.99. The predicted octanol–water partition coefficient (Wildman–Crippen LogP) is 1.62. The van der Waals surface area contributed by atoms with Crippen molar-refractivity contribution in [1.29, 1.82) is 0 Å². The molecule has 1 aromatic rings. The summed E-state index contributed by atoms with van der Waals surface area (Å²) in [6, 6.07) is 7.11. The van der Waals surface area contributed by atoms with Gasteiger partial charge in [0.2, 0.25) is 5.91 Å². The van der Waals surface area contributed by atoms with Gasteiger partial charge in [0.25, 0.3) is 0 Å². The zero-order chi connectivity index (χ0) is 14.5. The lowest BCUT2D eigenvalue weighted by Crippen LogP contribution is -2.29. The highest BCUT2D eigenvalue weighted by Gasteiger charge is 2.40. The standard InChI is InChI=1S/C15H14ClNO3/c1-2-20-15(19)13-11(9-17-14(13)18)7-6-10-4-3-5-12(16)8-10/h3-5,8,11,13H,2,9H2,1H3,(H,17,18). The molecule has 2 unspecified atom stereocenters. The van der Waals surface area contributed by atoms with Crippen molar-refractivity contribution in [1.82, 2.24) is 5.32 Å². The average Bonchev–Trinajstić information content (AvgIpc) is 2.78. The molecule has 20 heavy (non-hydrogen) atoms. The fraction of sp³-hybridized carbons (Fsp3) is 0.333. The number of halogens is 1. The largest absolute Gasteiger partial charge is 0.465 e. The summed E-state index contributed by atoms with van der Waals surface area (Å²) >= 11 is 5.88. The van der Waals surface area contributed by atoms with Crippen LogP contribution in [-0.4, -0.2) is 25.0 Å². The zero-order valence-electron chi connectivity index (χ0n) is 11.0. The summed E-state index contributed by atoms with van der Waals surface area (Å²) in [4.78, 5) is 23.4. The molecular formula is C15H14ClNO3. The molecule has 0 aliphatic carbocycles. The van der Waals surface area contributed by atoms with E-state index in [4.69, 9.17) is 16.3 Å². The first-order chi connectivity index (χ1) is 9.61. The minimum atomic E-state index is -0.846. The fourth-order valence-electron chi connectivity index (χ4n) is 2.00. The molecule has 2 rings (SSSR count). The van der Waals surface area contributed by atoms with Crippen LogP contribution < -0.4 is 5.32 Å². The van der Waals surface area contributed by atoms with Gasteiger partial charge in [-0.3, -0.25) is 9.59 Å². The monoisotopic (exact) mass is 291 g/mol. The summed E-state index contributed by atoms with van der Waals surface area (Å²) in [5.41, 5.74) is 0.749. The van der Waals surface area contributed by atoms with Gasteiger partial charge in [0, 0.05) is 17.1 Å². The van der Waals surface area contributed by atoms with E-state index in [2.05, 4.69) is 17.2 Å². The molecule has 1 aromatic carbocycles. The van der Waals surface area contributed by atoms with Crippen LogP contribution >= 0.6 is 11.6 Å². The van der Waals surface area contributed by atoms with Crippen LogP contribution in [0, 0.1) is 23.7 Å². The van der Waals surface area contributed by atoms with E-state index in [0.717, 1.165) is 5.56 Å². The normalized spacial score (nSPS) is 20.8. The van der Waals surface area contributed by atoms with Crippen molar-refractivity contribution in [3.05, 3.63) is 34.9 Å². The quantitative estimate of drug-likeness (QED) is 0.512. The molecule has 104 valence electrons. The van der Waals surface area contributed by atoms with Gasteiger partial charge in [-0.2, -0.15) is 0 Å². The molecule has 0 aromatic heterocycles. The van der Waals surface area contributed by atoms with Crippen molar-refractivity contribution in [2.24, 2.45) is 11.8 Å².